The van der Waals surface area contributed by atoms with Crippen molar-refractivity contribution in [3.05, 3.63) is 33.4 Å². The molecule has 5 nitrogen and oxygen atoms in total. The number of hydrogen-bond acceptors (Lipinski definition) is 5. The third kappa shape index (κ3) is 4.19. The van der Waals surface area contributed by atoms with Crippen molar-refractivity contribution in [3.8, 4) is 10.7 Å². The molecular formula is C13H11ClF3N5S2. The molecule has 0 aliphatic carbocycles. The van der Waals surface area contributed by atoms with Crippen LogP contribution in [0.3, 0.4) is 0 Å². The van der Waals surface area contributed by atoms with E-state index in [0.717, 1.165) is 12.3 Å². The number of thiocarbonyl (C=S) groups is 1. The van der Waals surface area contributed by atoms with Gasteiger partial charge in [0.25, 0.3) is 0 Å². The predicted octanol–water partition coefficient (Wildman–Crippen LogP) is 3.74. The van der Waals surface area contributed by atoms with Gasteiger partial charge in [-0.1, -0.05) is 11.6 Å². The van der Waals surface area contributed by atoms with E-state index in [9.17, 15) is 13.2 Å². The van der Waals surface area contributed by atoms with Crippen LogP contribution in [0.1, 0.15) is 23.1 Å². The molecule has 0 aliphatic heterocycles. The number of nitrogens with one attached hydrogen (secondary N) is 1. The first-order chi connectivity index (χ1) is 11.1. The van der Waals surface area contributed by atoms with Gasteiger partial charge in [-0.15, -0.1) is 11.3 Å². The zero-order valence-corrected chi connectivity index (χ0v) is 14.8. The average molecular weight is 394 g/mol. The highest BCUT2D eigenvalue weighted by molar-refractivity contribution is 7.80. The number of aromatic nitrogens is 2. The number of nitrogens with zero attached hydrogens (tertiary/aromatic N) is 3. The van der Waals surface area contributed by atoms with E-state index in [1.54, 1.807) is 13.8 Å². The molecule has 0 bridgehead atoms. The normalized spacial score (nSPS) is 12.3. The van der Waals surface area contributed by atoms with E-state index in [4.69, 9.17) is 17.3 Å². The number of alkyl halides is 3. The Balaban J connectivity index is 2.40. The summed E-state index contributed by atoms with van der Waals surface area (Å²) in [6.07, 6.45) is -3.78. The molecule has 0 fully saturated rings. The molecule has 2 heterocycles. The number of rotatable bonds is 3. The summed E-state index contributed by atoms with van der Waals surface area (Å²) in [5.41, 5.74) is 8.25. The first-order valence-corrected chi connectivity index (χ1v) is 8.00. The Hall–Kier alpha value is -1.78. The lowest BCUT2D eigenvalue weighted by molar-refractivity contribution is -0.137. The van der Waals surface area contributed by atoms with Crippen LogP contribution < -0.4 is 11.2 Å². The van der Waals surface area contributed by atoms with E-state index in [1.807, 2.05) is 0 Å². The van der Waals surface area contributed by atoms with E-state index >= 15 is 0 Å². The van der Waals surface area contributed by atoms with E-state index in [0.29, 0.717) is 21.3 Å². The van der Waals surface area contributed by atoms with Crippen LogP contribution in [-0.4, -0.2) is 20.8 Å². The molecular weight excluding hydrogens is 383 g/mol. The monoisotopic (exact) mass is 393 g/mol. The summed E-state index contributed by atoms with van der Waals surface area (Å²) in [6.45, 7) is 3.46. The predicted molar refractivity (Wildman–Crippen MR) is 92.2 cm³/mol. The van der Waals surface area contributed by atoms with E-state index in [2.05, 4.69) is 32.7 Å². The highest BCUT2D eigenvalue weighted by Crippen LogP contribution is 2.36. The SMILES string of the molecule is C/C(=N\NC(N)=S)c1sc(-c2ncc(C(F)(F)F)cc2Cl)nc1C. The lowest BCUT2D eigenvalue weighted by atomic mass is 10.2. The zero-order valence-electron chi connectivity index (χ0n) is 12.4. The molecule has 11 heteroatoms. The fourth-order valence-electron chi connectivity index (χ4n) is 1.77. The topological polar surface area (TPSA) is 76.2 Å². The maximum atomic E-state index is 12.7. The number of pyridine rings is 1. The van der Waals surface area contributed by atoms with Crippen LogP contribution >= 0.6 is 35.2 Å². The van der Waals surface area contributed by atoms with Gasteiger partial charge in [-0.25, -0.2) is 4.98 Å². The first-order valence-electron chi connectivity index (χ1n) is 6.40. The maximum absolute atomic E-state index is 12.7. The summed E-state index contributed by atoms with van der Waals surface area (Å²) in [5.74, 6) is 0. The van der Waals surface area contributed by atoms with Crippen LogP contribution in [0.4, 0.5) is 13.2 Å². The van der Waals surface area contributed by atoms with Crippen molar-refractivity contribution in [1.82, 2.24) is 15.4 Å². The van der Waals surface area contributed by atoms with Gasteiger partial charge in [0.15, 0.2) is 5.11 Å². The Morgan fingerprint density at radius 2 is 2.12 bits per heavy atom. The van der Waals surface area contributed by atoms with Gasteiger partial charge in [0.2, 0.25) is 0 Å². The highest BCUT2D eigenvalue weighted by atomic mass is 35.5. The van der Waals surface area contributed by atoms with Crippen LogP contribution in [0.2, 0.25) is 5.02 Å². The Morgan fingerprint density at radius 3 is 2.67 bits per heavy atom. The molecule has 2 aromatic heterocycles. The van der Waals surface area contributed by atoms with Gasteiger partial charge in [0.05, 0.1) is 26.9 Å². The van der Waals surface area contributed by atoms with Crippen molar-refractivity contribution in [2.75, 3.05) is 0 Å². The van der Waals surface area contributed by atoms with Crippen molar-refractivity contribution >= 4 is 46.0 Å². The van der Waals surface area contributed by atoms with Gasteiger partial charge in [0, 0.05) is 6.20 Å². The minimum absolute atomic E-state index is 0.0178. The molecule has 0 amide bonds. The molecule has 2 rings (SSSR count). The third-order valence-electron chi connectivity index (χ3n) is 2.83. The number of nitrogens with two attached hydrogens (primary N) is 1. The van der Waals surface area contributed by atoms with E-state index < -0.39 is 11.7 Å². The summed E-state index contributed by atoms with van der Waals surface area (Å²) in [4.78, 5) is 8.82. The summed E-state index contributed by atoms with van der Waals surface area (Å²) in [5, 5.41) is 4.29. The second kappa shape index (κ2) is 6.99. The lowest BCUT2D eigenvalue weighted by Gasteiger charge is -2.07. The summed E-state index contributed by atoms with van der Waals surface area (Å²) >= 11 is 11.8. The molecule has 0 saturated heterocycles. The van der Waals surface area contributed by atoms with E-state index in [1.165, 1.54) is 11.3 Å². The third-order valence-corrected chi connectivity index (χ3v) is 4.48. The minimum Gasteiger partial charge on any atom is -0.375 e. The molecule has 24 heavy (non-hydrogen) atoms. The van der Waals surface area contributed by atoms with Gasteiger partial charge in [-0.05, 0) is 32.1 Å². The van der Waals surface area contributed by atoms with Crippen molar-refractivity contribution in [3.63, 3.8) is 0 Å². The molecule has 0 unspecified atom stereocenters. The number of thiazole rings is 1. The molecule has 0 aromatic carbocycles. The second-order valence-electron chi connectivity index (χ2n) is 4.66. The molecule has 128 valence electrons. The van der Waals surface area contributed by atoms with Crippen LogP contribution in [0.15, 0.2) is 17.4 Å². The molecule has 0 aliphatic rings. The summed E-state index contributed by atoms with van der Waals surface area (Å²) in [7, 11) is 0. The standard InChI is InChI=1S/C13H11ClF3N5S2/c1-5-10(6(2)21-22-12(18)23)24-11(20-5)9-8(14)3-7(4-19-9)13(15,16)17/h3-4H,1-2H3,(H3,18,22,23)/b21-6+. The quantitative estimate of drug-likeness (QED) is 0.472. The number of hydrogen-bond donors (Lipinski definition) is 2. The Morgan fingerprint density at radius 1 is 1.46 bits per heavy atom. The molecule has 0 radical (unpaired) electrons. The average Bonchev–Trinajstić information content (AvgIpc) is 2.85. The Kier molecular flexibility index (Phi) is 5.41. The minimum atomic E-state index is -4.51. The molecule has 0 atom stereocenters. The molecule has 0 saturated carbocycles. The van der Waals surface area contributed by atoms with Crippen molar-refractivity contribution < 1.29 is 13.2 Å². The fraction of sp³-hybridized carbons (Fsp3) is 0.231. The van der Waals surface area contributed by atoms with Gasteiger partial charge in [0.1, 0.15) is 10.7 Å². The highest BCUT2D eigenvalue weighted by Gasteiger charge is 2.32. The van der Waals surface area contributed by atoms with Gasteiger partial charge in [-0.2, -0.15) is 18.3 Å². The largest absolute Gasteiger partial charge is 0.417 e. The fourth-order valence-corrected chi connectivity index (χ4v) is 3.15. The van der Waals surface area contributed by atoms with Gasteiger partial charge in [-0.3, -0.25) is 10.4 Å². The van der Waals surface area contributed by atoms with Crippen molar-refractivity contribution in [2.45, 2.75) is 20.0 Å². The maximum Gasteiger partial charge on any atom is 0.417 e. The van der Waals surface area contributed by atoms with Crippen molar-refractivity contribution in [1.29, 1.82) is 0 Å². The Bertz CT molecular complexity index is 816. The Labute approximate surface area is 149 Å². The van der Waals surface area contributed by atoms with Gasteiger partial charge >= 0.3 is 6.18 Å². The summed E-state index contributed by atoms with van der Waals surface area (Å²) in [6, 6.07) is 0.829. The van der Waals surface area contributed by atoms with Gasteiger partial charge < -0.3 is 5.73 Å². The number of aryl methyl sites for hydroxylation is 1. The summed E-state index contributed by atoms with van der Waals surface area (Å²) < 4.78 is 38.0. The number of hydrazone groups is 1. The van der Waals surface area contributed by atoms with Crippen LogP contribution in [0.25, 0.3) is 10.7 Å². The number of halogens is 4. The smallest absolute Gasteiger partial charge is 0.375 e. The van der Waals surface area contributed by atoms with E-state index in [-0.39, 0.29) is 15.8 Å². The molecule has 0 spiro atoms. The first kappa shape index (κ1) is 18.6. The molecule has 3 N–H and O–H groups in total. The van der Waals surface area contributed by atoms with Crippen LogP contribution in [-0.2, 0) is 6.18 Å². The lowest BCUT2D eigenvalue weighted by Crippen LogP contribution is -2.25. The second-order valence-corrected chi connectivity index (χ2v) is 6.51. The molecule has 2 aromatic rings. The van der Waals surface area contributed by atoms with Crippen molar-refractivity contribution in [2.24, 2.45) is 10.8 Å². The van der Waals surface area contributed by atoms with Crippen LogP contribution in [0.5, 0.6) is 0 Å². The zero-order chi connectivity index (χ0) is 18.1. The van der Waals surface area contributed by atoms with Crippen LogP contribution in [0, 0.1) is 6.92 Å².